The van der Waals surface area contributed by atoms with Gasteiger partial charge in [-0.05, 0) is 28.3 Å². The van der Waals surface area contributed by atoms with Gasteiger partial charge in [0, 0.05) is 22.2 Å². The summed E-state index contributed by atoms with van der Waals surface area (Å²) in [7, 11) is 0. The van der Waals surface area contributed by atoms with Crippen LogP contribution in [-0.2, 0) is 0 Å². The molecule has 90 valence electrons. The smallest absolute Gasteiger partial charge is 1.00 e. The summed E-state index contributed by atoms with van der Waals surface area (Å²) in [5.74, 6) is 0.247. The topological polar surface area (TPSA) is 40.5 Å². The van der Waals surface area contributed by atoms with Gasteiger partial charge in [0.15, 0.2) is 0 Å². The molecule has 0 spiro atoms. The summed E-state index contributed by atoms with van der Waals surface area (Å²) < 4.78 is 0. The summed E-state index contributed by atoms with van der Waals surface area (Å²) in [4.78, 5) is 0. The Morgan fingerprint density at radius 1 is 0.650 bits per heavy atom. The van der Waals surface area contributed by atoms with Crippen molar-refractivity contribution in [2.75, 3.05) is 0 Å². The van der Waals surface area contributed by atoms with Crippen LogP contribution in [0.5, 0.6) is 11.5 Å². The van der Waals surface area contributed by atoms with Crippen LogP contribution in [0.15, 0.2) is 48.5 Å². The maximum atomic E-state index is 9.97. The molecule has 0 aromatic heterocycles. The fourth-order valence-electron chi connectivity index (χ4n) is 2.79. The average Bonchev–Trinajstić information content (AvgIpc) is 2.38. The van der Waals surface area contributed by atoms with Crippen molar-refractivity contribution in [2.45, 2.75) is 0 Å². The maximum Gasteiger partial charge on any atom is 1.00 e. The van der Waals surface area contributed by atoms with Gasteiger partial charge in [0.25, 0.3) is 0 Å². The van der Waals surface area contributed by atoms with Crippen molar-refractivity contribution in [1.29, 1.82) is 0 Å². The second-order valence-corrected chi connectivity index (χ2v) is 4.60. The first kappa shape index (κ1) is 15.9. The van der Waals surface area contributed by atoms with E-state index in [4.69, 9.17) is 0 Å². The molecule has 20 heavy (non-hydrogen) atoms. The van der Waals surface area contributed by atoms with Gasteiger partial charge in [0.2, 0.25) is 0 Å². The van der Waals surface area contributed by atoms with Crippen molar-refractivity contribution < 1.29 is 72.2 Å². The summed E-state index contributed by atoms with van der Waals surface area (Å²) in [6, 6.07) is 15.3. The second kappa shape index (κ2) is 5.72. The number of aromatic hydroxyl groups is 2. The number of phenolic OH excluding ortho intramolecular Hbond substituents is 2. The monoisotopic (exact) mass is 282 g/mol. The molecule has 0 heterocycles. The van der Waals surface area contributed by atoms with E-state index in [0.29, 0.717) is 0 Å². The van der Waals surface area contributed by atoms with Crippen LogP contribution in [0.4, 0.5) is 0 Å². The molecule has 4 rings (SSSR count). The fourth-order valence-corrected chi connectivity index (χ4v) is 2.79. The zero-order valence-electron chi connectivity index (χ0n) is 13.5. The number of benzene rings is 4. The second-order valence-electron chi connectivity index (χ2n) is 4.60. The maximum absolute atomic E-state index is 9.97. The molecule has 4 aromatic rings. The van der Waals surface area contributed by atoms with E-state index in [2.05, 4.69) is 0 Å². The van der Waals surface area contributed by atoms with Crippen LogP contribution in [0, 0.1) is 0 Å². The molecule has 0 bridgehead atoms. The van der Waals surface area contributed by atoms with Gasteiger partial charge in [0.1, 0.15) is 11.5 Å². The van der Waals surface area contributed by atoms with Gasteiger partial charge in [0.05, 0.1) is 0 Å². The van der Waals surface area contributed by atoms with Gasteiger partial charge in [-0.25, -0.2) is 0 Å². The Morgan fingerprint density at radius 3 is 1.65 bits per heavy atom. The van der Waals surface area contributed by atoms with Gasteiger partial charge >= 0.3 is 59.1 Å². The molecule has 0 radical (unpaired) electrons. The molecule has 0 unspecified atom stereocenters. The Balaban J connectivity index is 0.00000110. The number of hydrogen-bond donors (Lipinski definition) is 2. The number of phenols is 2. The van der Waals surface area contributed by atoms with E-state index >= 15 is 0 Å². The van der Waals surface area contributed by atoms with Crippen LogP contribution in [0.2, 0.25) is 0 Å². The standard InChI is InChI=1S/C16H10O2.2Na.2H/c17-13-8-14(18)12-7-5-10-3-1-2-9-4-6-11(13)16(12)15(9)10;;;;/h1-8,17-18H;;;;/q;2*+1;2*-1. The molecule has 0 atom stereocenters. The van der Waals surface area contributed by atoms with Crippen LogP contribution in [0.3, 0.4) is 0 Å². The van der Waals surface area contributed by atoms with Crippen molar-refractivity contribution in [2.24, 2.45) is 0 Å². The summed E-state index contributed by atoms with van der Waals surface area (Å²) >= 11 is 0. The molecule has 0 saturated carbocycles. The Bertz CT molecular complexity index is 846. The van der Waals surface area contributed by atoms with Crippen molar-refractivity contribution in [3.05, 3.63) is 48.5 Å². The van der Waals surface area contributed by atoms with E-state index < -0.39 is 0 Å². The molecule has 0 amide bonds. The van der Waals surface area contributed by atoms with Crippen molar-refractivity contribution >= 4 is 32.3 Å². The molecule has 0 aliphatic carbocycles. The third-order valence-corrected chi connectivity index (χ3v) is 3.60. The minimum Gasteiger partial charge on any atom is -1.00 e. The van der Waals surface area contributed by atoms with E-state index in [1.54, 1.807) is 0 Å². The molecule has 4 heteroatoms. The van der Waals surface area contributed by atoms with Crippen LogP contribution >= 0.6 is 0 Å². The van der Waals surface area contributed by atoms with E-state index in [0.717, 1.165) is 32.3 Å². The first-order chi connectivity index (χ1) is 8.75. The van der Waals surface area contributed by atoms with E-state index in [-0.39, 0.29) is 73.5 Å². The summed E-state index contributed by atoms with van der Waals surface area (Å²) in [6.45, 7) is 0. The van der Waals surface area contributed by atoms with Gasteiger partial charge in [-0.2, -0.15) is 0 Å². The predicted molar refractivity (Wildman–Crippen MR) is 75.7 cm³/mol. The van der Waals surface area contributed by atoms with Gasteiger partial charge < -0.3 is 13.1 Å². The Hall–Kier alpha value is -0.480. The first-order valence-electron chi connectivity index (χ1n) is 5.84. The number of hydrogen-bond acceptors (Lipinski definition) is 2. The minimum absolute atomic E-state index is 0. The summed E-state index contributed by atoms with van der Waals surface area (Å²) in [5, 5.41) is 25.8. The molecule has 0 aliphatic heterocycles. The average molecular weight is 282 g/mol. The third-order valence-electron chi connectivity index (χ3n) is 3.60. The van der Waals surface area contributed by atoms with Crippen LogP contribution < -0.4 is 59.1 Å². The van der Waals surface area contributed by atoms with E-state index in [1.165, 1.54) is 6.07 Å². The normalized spacial score (nSPS) is 10.6. The van der Waals surface area contributed by atoms with Gasteiger partial charge in [-0.15, -0.1) is 0 Å². The van der Waals surface area contributed by atoms with Crippen molar-refractivity contribution in [3.63, 3.8) is 0 Å². The predicted octanol–water partition coefficient (Wildman–Crippen LogP) is -1.77. The van der Waals surface area contributed by atoms with E-state index in [9.17, 15) is 10.2 Å². The zero-order chi connectivity index (χ0) is 12.3. The molecule has 0 aliphatic rings. The Kier molecular flexibility index (Phi) is 4.55. The quantitative estimate of drug-likeness (QED) is 0.296. The molecule has 2 nitrogen and oxygen atoms in total. The number of rotatable bonds is 0. The largest absolute Gasteiger partial charge is 1.00 e. The SMILES string of the molecule is Oc1cc(O)c2ccc3cccc4ccc1c2c43.[H-].[H-].[Na+].[Na+]. The molecular weight excluding hydrogens is 270 g/mol. The Labute approximate surface area is 163 Å². The Morgan fingerprint density at radius 2 is 1.15 bits per heavy atom. The van der Waals surface area contributed by atoms with Crippen LogP contribution in [-0.4, -0.2) is 10.2 Å². The van der Waals surface area contributed by atoms with Crippen molar-refractivity contribution in [1.82, 2.24) is 0 Å². The van der Waals surface area contributed by atoms with Gasteiger partial charge in [-0.3, -0.25) is 0 Å². The molecule has 2 N–H and O–H groups in total. The molecule has 0 saturated heterocycles. The summed E-state index contributed by atoms with van der Waals surface area (Å²) in [5.41, 5.74) is 0. The van der Waals surface area contributed by atoms with Gasteiger partial charge in [-0.1, -0.05) is 30.3 Å². The third kappa shape index (κ3) is 2.12. The van der Waals surface area contributed by atoms with E-state index in [1.807, 2.05) is 42.5 Å². The molecule has 0 fully saturated rings. The molecular formula is C16H12Na2O2. The fraction of sp³-hybridized carbons (Fsp3) is 0. The minimum atomic E-state index is 0. The zero-order valence-corrected chi connectivity index (χ0v) is 15.5. The van der Waals surface area contributed by atoms with Crippen LogP contribution in [0.1, 0.15) is 2.85 Å². The first-order valence-corrected chi connectivity index (χ1v) is 5.84. The van der Waals surface area contributed by atoms with Crippen molar-refractivity contribution in [3.8, 4) is 11.5 Å². The van der Waals surface area contributed by atoms with Crippen LogP contribution in [0.25, 0.3) is 32.3 Å². The molecule has 4 aromatic carbocycles. The summed E-state index contributed by atoms with van der Waals surface area (Å²) in [6.07, 6.45) is 0.